The van der Waals surface area contributed by atoms with Gasteiger partial charge in [-0.3, -0.25) is 4.90 Å². The van der Waals surface area contributed by atoms with Gasteiger partial charge in [0.1, 0.15) is 5.69 Å². The summed E-state index contributed by atoms with van der Waals surface area (Å²) in [5, 5.41) is 9.26. The van der Waals surface area contributed by atoms with E-state index >= 15 is 0 Å². The molecule has 0 aromatic carbocycles. The van der Waals surface area contributed by atoms with Crippen molar-refractivity contribution >= 4 is 5.97 Å². The van der Waals surface area contributed by atoms with Crippen LogP contribution in [0.1, 0.15) is 29.0 Å². The summed E-state index contributed by atoms with van der Waals surface area (Å²) in [6, 6.07) is 5.55. The van der Waals surface area contributed by atoms with E-state index < -0.39 is 5.97 Å². The Morgan fingerprint density at radius 3 is 3.17 bits per heavy atom. The molecular weight excluding hydrogens is 232 g/mol. The molecule has 1 saturated heterocycles. The maximum atomic E-state index is 11.4. The summed E-state index contributed by atoms with van der Waals surface area (Å²) in [7, 11) is 1.35. The smallest absolute Gasteiger partial charge is 0.356 e. The number of methoxy groups -OCH3 is 1. The molecule has 98 valence electrons. The molecule has 0 aliphatic carbocycles. The number of hydrogen-bond donors (Lipinski definition) is 1. The number of nitrogens with zero attached hydrogens (tertiary/aromatic N) is 2. The summed E-state index contributed by atoms with van der Waals surface area (Å²) >= 11 is 0. The van der Waals surface area contributed by atoms with Crippen LogP contribution in [0.5, 0.6) is 0 Å². The highest BCUT2D eigenvalue weighted by atomic mass is 16.5. The first-order valence-electron chi connectivity index (χ1n) is 6.13. The molecule has 5 heteroatoms. The molecule has 1 aromatic heterocycles. The van der Waals surface area contributed by atoms with E-state index in [1.54, 1.807) is 12.1 Å². The maximum absolute atomic E-state index is 11.4. The van der Waals surface area contributed by atoms with Crippen LogP contribution in [-0.2, 0) is 11.3 Å². The lowest BCUT2D eigenvalue weighted by molar-refractivity contribution is 0.0593. The Labute approximate surface area is 106 Å². The number of likely N-dealkylation sites (tertiary alicyclic amines) is 1. The number of hydrogen-bond acceptors (Lipinski definition) is 5. The van der Waals surface area contributed by atoms with Gasteiger partial charge in [0.05, 0.1) is 19.4 Å². The molecule has 2 rings (SSSR count). The molecule has 1 aromatic rings. The molecule has 0 saturated carbocycles. The van der Waals surface area contributed by atoms with Crippen molar-refractivity contribution in [2.24, 2.45) is 0 Å². The number of carbonyl (C=O) groups excluding carboxylic acids is 1. The molecule has 1 atom stereocenters. The summed E-state index contributed by atoms with van der Waals surface area (Å²) < 4.78 is 4.65. The van der Waals surface area contributed by atoms with Crippen molar-refractivity contribution in [2.75, 3.05) is 20.3 Å². The first kappa shape index (κ1) is 13.0. The van der Waals surface area contributed by atoms with Crippen molar-refractivity contribution < 1.29 is 14.6 Å². The van der Waals surface area contributed by atoms with Crippen LogP contribution < -0.4 is 0 Å². The number of carbonyl (C=O) groups is 1. The predicted octanol–water partition coefficient (Wildman–Crippen LogP) is 0.825. The number of esters is 1. The fraction of sp³-hybridized carbons (Fsp3) is 0.538. The zero-order valence-corrected chi connectivity index (χ0v) is 10.5. The second-order valence-corrected chi connectivity index (χ2v) is 4.45. The van der Waals surface area contributed by atoms with E-state index in [-0.39, 0.29) is 12.6 Å². The molecule has 1 N–H and O–H groups in total. The molecule has 1 aliphatic rings. The molecule has 0 bridgehead atoms. The summed E-state index contributed by atoms with van der Waals surface area (Å²) in [6.45, 7) is 1.81. The van der Waals surface area contributed by atoms with Crippen molar-refractivity contribution in [1.29, 1.82) is 0 Å². The van der Waals surface area contributed by atoms with E-state index in [2.05, 4.69) is 14.6 Å². The van der Waals surface area contributed by atoms with Crippen molar-refractivity contribution in [3.8, 4) is 0 Å². The molecule has 2 heterocycles. The third-order valence-corrected chi connectivity index (χ3v) is 3.28. The Morgan fingerprint density at radius 1 is 1.61 bits per heavy atom. The van der Waals surface area contributed by atoms with Crippen LogP contribution in [-0.4, -0.2) is 47.3 Å². The monoisotopic (exact) mass is 250 g/mol. The third kappa shape index (κ3) is 2.86. The second-order valence-electron chi connectivity index (χ2n) is 4.45. The van der Waals surface area contributed by atoms with Gasteiger partial charge in [-0.1, -0.05) is 6.07 Å². The van der Waals surface area contributed by atoms with E-state index in [1.807, 2.05) is 6.07 Å². The Balaban J connectivity index is 2.07. The zero-order valence-electron chi connectivity index (χ0n) is 10.5. The normalized spacial score (nSPS) is 20.0. The lowest BCUT2D eigenvalue weighted by atomic mass is 10.2. The van der Waals surface area contributed by atoms with Crippen LogP contribution in [0.2, 0.25) is 0 Å². The number of aliphatic hydroxyl groups is 1. The molecule has 5 nitrogen and oxygen atoms in total. The summed E-state index contributed by atoms with van der Waals surface area (Å²) in [4.78, 5) is 17.9. The van der Waals surface area contributed by atoms with Crippen molar-refractivity contribution in [2.45, 2.75) is 25.4 Å². The molecule has 0 spiro atoms. The molecule has 0 radical (unpaired) electrons. The van der Waals surface area contributed by atoms with Crippen LogP contribution >= 0.6 is 0 Å². The topological polar surface area (TPSA) is 62.7 Å². The molecule has 1 fully saturated rings. The standard InChI is InChI=1S/C13H18N2O3/c1-18-13(17)12-6-2-4-10(14-12)8-15-7-3-5-11(15)9-16/h2,4,6,11,16H,3,5,7-9H2,1H3. The highest BCUT2D eigenvalue weighted by molar-refractivity contribution is 5.87. The SMILES string of the molecule is COC(=O)c1cccc(CN2CCCC2CO)n1. The largest absolute Gasteiger partial charge is 0.464 e. The Morgan fingerprint density at radius 2 is 2.44 bits per heavy atom. The van der Waals surface area contributed by atoms with E-state index in [0.29, 0.717) is 12.2 Å². The first-order chi connectivity index (χ1) is 8.74. The van der Waals surface area contributed by atoms with Gasteiger partial charge in [-0.05, 0) is 31.5 Å². The summed E-state index contributed by atoms with van der Waals surface area (Å²) in [5.74, 6) is -0.419. The van der Waals surface area contributed by atoms with Crippen LogP contribution in [0, 0.1) is 0 Å². The molecule has 0 amide bonds. The Kier molecular flexibility index (Phi) is 4.28. The minimum absolute atomic E-state index is 0.177. The van der Waals surface area contributed by atoms with Crippen molar-refractivity contribution in [3.63, 3.8) is 0 Å². The molecular formula is C13H18N2O3. The van der Waals surface area contributed by atoms with E-state index in [9.17, 15) is 9.90 Å². The predicted molar refractivity (Wildman–Crippen MR) is 66.1 cm³/mol. The first-order valence-corrected chi connectivity index (χ1v) is 6.13. The summed E-state index contributed by atoms with van der Waals surface area (Å²) in [5.41, 5.74) is 1.16. The Hall–Kier alpha value is -1.46. The van der Waals surface area contributed by atoms with E-state index in [0.717, 1.165) is 25.1 Å². The zero-order chi connectivity index (χ0) is 13.0. The fourth-order valence-corrected chi connectivity index (χ4v) is 2.30. The number of pyridine rings is 1. The molecule has 1 unspecified atom stereocenters. The van der Waals surface area contributed by atoms with Crippen LogP contribution in [0.3, 0.4) is 0 Å². The van der Waals surface area contributed by atoms with Gasteiger partial charge in [0.2, 0.25) is 0 Å². The second kappa shape index (κ2) is 5.93. The molecule has 18 heavy (non-hydrogen) atoms. The number of aromatic nitrogens is 1. The van der Waals surface area contributed by atoms with Gasteiger partial charge in [-0.2, -0.15) is 0 Å². The average Bonchev–Trinajstić information content (AvgIpc) is 2.85. The highest BCUT2D eigenvalue weighted by Gasteiger charge is 2.24. The van der Waals surface area contributed by atoms with Gasteiger partial charge in [0.15, 0.2) is 0 Å². The lowest BCUT2D eigenvalue weighted by Crippen LogP contribution is -2.32. The van der Waals surface area contributed by atoms with Gasteiger partial charge in [-0.15, -0.1) is 0 Å². The average molecular weight is 250 g/mol. The number of rotatable bonds is 4. The van der Waals surface area contributed by atoms with Crippen LogP contribution in [0.15, 0.2) is 18.2 Å². The minimum atomic E-state index is -0.419. The fourth-order valence-electron chi connectivity index (χ4n) is 2.30. The quantitative estimate of drug-likeness (QED) is 0.802. The summed E-state index contributed by atoms with van der Waals surface area (Å²) in [6.07, 6.45) is 2.12. The van der Waals surface area contributed by atoms with Crippen molar-refractivity contribution in [3.05, 3.63) is 29.6 Å². The highest BCUT2D eigenvalue weighted by Crippen LogP contribution is 2.19. The number of aliphatic hydroxyl groups excluding tert-OH is 1. The van der Waals surface area contributed by atoms with Gasteiger partial charge in [0, 0.05) is 12.6 Å². The van der Waals surface area contributed by atoms with Gasteiger partial charge in [-0.25, -0.2) is 9.78 Å². The van der Waals surface area contributed by atoms with Crippen LogP contribution in [0.25, 0.3) is 0 Å². The minimum Gasteiger partial charge on any atom is -0.464 e. The Bertz CT molecular complexity index is 422. The van der Waals surface area contributed by atoms with Gasteiger partial charge >= 0.3 is 5.97 Å². The maximum Gasteiger partial charge on any atom is 0.356 e. The van der Waals surface area contributed by atoms with Gasteiger partial charge < -0.3 is 9.84 Å². The van der Waals surface area contributed by atoms with Gasteiger partial charge in [0.25, 0.3) is 0 Å². The van der Waals surface area contributed by atoms with E-state index in [1.165, 1.54) is 7.11 Å². The van der Waals surface area contributed by atoms with E-state index in [4.69, 9.17) is 0 Å². The number of ether oxygens (including phenoxy) is 1. The lowest BCUT2D eigenvalue weighted by Gasteiger charge is -2.22. The van der Waals surface area contributed by atoms with Crippen molar-refractivity contribution in [1.82, 2.24) is 9.88 Å². The molecule has 1 aliphatic heterocycles. The third-order valence-electron chi connectivity index (χ3n) is 3.28. The van der Waals surface area contributed by atoms with Crippen LogP contribution in [0.4, 0.5) is 0 Å².